The second-order valence-corrected chi connectivity index (χ2v) is 3.29. The fourth-order valence-electron chi connectivity index (χ4n) is 1.58. The smallest absolute Gasteiger partial charge is 0.280 e. The molecule has 1 N–H and O–H groups in total. The van der Waals surface area contributed by atoms with Crippen molar-refractivity contribution in [1.29, 1.82) is 0 Å². The quantitative estimate of drug-likeness (QED) is 0.618. The van der Waals surface area contributed by atoms with Crippen LogP contribution in [0.3, 0.4) is 0 Å². The molecular weight excluding hydrogens is 206 g/mol. The molecule has 2 rings (SSSR count). The molecule has 0 amide bonds. The average molecular weight is 215 g/mol. The van der Waals surface area contributed by atoms with Crippen LogP contribution in [0.15, 0.2) is 48.5 Å². The number of nitro benzene ring substituents is 1. The van der Waals surface area contributed by atoms with E-state index in [2.05, 4.69) is 0 Å². The van der Waals surface area contributed by atoms with Crippen LogP contribution in [0.1, 0.15) is 0 Å². The van der Waals surface area contributed by atoms with Crippen LogP contribution < -0.4 is 0 Å². The van der Waals surface area contributed by atoms with E-state index in [0.717, 1.165) is 0 Å². The molecule has 16 heavy (non-hydrogen) atoms. The number of nitrogens with zero attached hydrogens (tertiary/aromatic N) is 1. The van der Waals surface area contributed by atoms with Crippen molar-refractivity contribution in [2.75, 3.05) is 0 Å². The van der Waals surface area contributed by atoms with Crippen molar-refractivity contribution in [3.05, 3.63) is 58.6 Å². The fourth-order valence-corrected chi connectivity index (χ4v) is 1.58. The molecular formula is C12H9NO3. The summed E-state index contributed by atoms with van der Waals surface area (Å²) in [5.74, 6) is -0.0830. The molecule has 0 aromatic heterocycles. The maximum absolute atomic E-state index is 10.8. The van der Waals surface area contributed by atoms with Gasteiger partial charge in [-0.3, -0.25) is 10.1 Å². The largest absolute Gasteiger partial charge is 0.507 e. The van der Waals surface area contributed by atoms with E-state index in [0.29, 0.717) is 5.56 Å². The summed E-state index contributed by atoms with van der Waals surface area (Å²) in [5, 5.41) is 20.5. The number of aromatic hydroxyl groups is 1. The monoisotopic (exact) mass is 215 g/mol. The zero-order chi connectivity index (χ0) is 11.5. The molecule has 0 aliphatic rings. The van der Waals surface area contributed by atoms with Gasteiger partial charge in [0.15, 0.2) is 0 Å². The van der Waals surface area contributed by atoms with Crippen LogP contribution in [-0.4, -0.2) is 10.0 Å². The van der Waals surface area contributed by atoms with Gasteiger partial charge in [-0.15, -0.1) is 0 Å². The van der Waals surface area contributed by atoms with Crippen LogP contribution >= 0.6 is 0 Å². The molecule has 0 saturated heterocycles. The van der Waals surface area contributed by atoms with Gasteiger partial charge >= 0.3 is 0 Å². The fraction of sp³-hybridized carbons (Fsp3) is 0. The van der Waals surface area contributed by atoms with Gasteiger partial charge in [0.1, 0.15) is 11.3 Å². The van der Waals surface area contributed by atoms with E-state index in [1.54, 1.807) is 24.3 Å². The molecule has 0 aliphatic heterocycles. The maximum Gasteiger partial charge on any atom is 0.280 e. The van der Waals surface area contributed by atoms with Crippen LogP contribution in [0, 0.1) is 10.1 Å². The van der Waals surface area contributed by atoms with E-state index in [-0.39, 0.29) is 17.0 Å². The summed E-state index contributed by atoms with van der Waals surface area (Å²) in [6.07, 6.45) is 0. The number of rotatable bonds is 2. The van der Waals surface area contributed by atoms with E-state index >= 15 is 0 Å². The summed E-state index contributed by atoms with van der Waals surface area (Å²) in [7, 11) is 0. The van der Waals surface area contributed by atoms with Crippen molar-refractivity contribution in [3.8, 4) is 16.9 Å². The molecule has 80 valence electrons. The highest BCUT2D eigenvalue weighted by Gasteiger charge is 2.18. The van der Waals surface area contributed by atoms with Gasteiger partial charge in [0.25, 0.3) is 5.69 Å². The zero-order valence-electron chi connectivity index (χ0n) is 8.33. The number of benzene rings is 2. The number of hydrogen-bond donors (Lipinski definition) is 1. The summed E-state index contributed by atoms with van der Waals surface area (Å²) >= 11 is 0. The molecule has 0 radical (unpaired) electrons. The predicted molar refractivity (Wildman–Crippen MR) is 60.2 cm³/mol. The lowest BCUT2D eigenvalue weighted by Crippen LogP contribution is -1.91. The Bertz CT molecular complexity index is 523. The topological polar surface area (TPSA) is 63.4 Å². The van der Waals surface area contributed by atoms with Crippen molar-refractivity contribution < 1.29 is 10.0 Å². The van der Waals surface area contributed by atoms with E-state index in [1.807, 2.05) is 6.07 Å². The normalized spacial score (nSPS) is 10.0. The van der Waals surface area contributed by atoms with Gasteiger partial charge < -0.3 is 5.11 Å². The van der Waals surface area contributed by atoms with Crippen LogP contribution in [-0.2, 0) is 0 Å². The molecule has 0 unspecified atom stereocenters. The van der Waals surface area contributed by atoms with Gasteiger partial charge in [0, 0.05) is 6.07 Å². The van der Waals surface area contributed by atoms with Crippen LogP contribution in [0.5, 0.6) is 5.75 Å². The molecule has 4 heteroatoms. The standard InChI is InChI=1S/C12H9NO3/c14-11-8-4-7-10(13(15)16)12(11)9-5-2-1-3-6-9/h1-8,14H. The Morgan fingerprint density at radius 1 is 1.00 bits per heavy atom. The second kappa shape index (κ2) is 4.02. The Kier molecular flexibility index (Phi) is 2.55. The second-order valence-electron chi connectivity index (χ2n) is 3.29. The van der Waals surface area contributed by atoms with Gasteiger partial charge in [-0.1, -0.05) is 36.4 Å². The summed E-state index contributed by atoms with van der Waals surface area (Å²) in [6.45, 7) is 0. The molecule has 2 aromatic rings. The van der Waals surface area contributed by atoms with E-state index in [1.165, 1.54) is 18.2 Å². The van der Waals surface area contributed by atoms with E-state index in [4.69, 9.17) is 0 Å². The molecule has 0 bridgehead atoms. The third-order valence-corrected chi connectivity index (χ3v) is 2.28. The zero-order valence-corrected chi connectivity index (χ0v) is 8.33. The highest BCUT2D eigenvalue weighted by molar-refractivity contribution is 5.79. The Morgan fingerprint density at radius 3 is 2.31 bits per heavy atom. The molecule has 0 aliphatic carbocycles. The first-order valence-corrected chi connectivity index (χ1v) is 4.72. The summed E-state index contributed by atoms with van der Waals surface area (Å²) in [5.41, 5.74) is 0.798. The summed E-state index contributed by atoms with van der Waals surface area (Å²) < 4.78 is 0. The van der Waals surface area contributed by atoms with Crippen molar-refractivity contribution in [1.82, 2.24) is 0 Å². The number of phenols is 1. The van der Waals surface area contributed by atoms with Gasteiger partial charge in [0.2, 0.25) is 0 Å². The van der Waals surface area contributed by atoms with Crippen molar-refractivity contribution in [2.24, 2.45) is 0 Å². The molecule has 0 fully saturated rings. The minimum absolute atomic E-state index is 0.0830. The third-order valence-electron chi connectivity index (χ3n) is 2.28. The first kappa shape index (κ1) is 10.2. The van der Waals surface area contributed by atoms with Gasteiger partial charge in [-0.25, -0.2) is 0 Å². The first-order chi connectivity index (χ1) is 7.70. The summed E-state index contributed by atoms with van der Waals surface area (Å²) in [4.78, 5) is 10.3. The first-order valence-electron chi connectivity index (χ1n) is 4.72. The van der Waals surface area contributed by atoms with Gasteiger partial charge in [0.05, 0.1) is 4.92 Å². The minimum atomic E-state index is -0.498. The lowest BCUT2D eigenvalue weighted by Gasteiger charge is -2.05. The molecule has 0 saturated carbocycles. The average Bonchev–Trinajstić information content (AvgIpc) is 2.29. The number of nitro groups is 1. The van der Waals surface area contributed by atoms with Crippen molar-refractivity contribution >= 4 is 5.69 Å². The predicted octanol–water partition coefficient (Wildman–Crippen LogP) is 2.97. The van der Waals surface area contributed by atoms with Crippen molar-refractivity contribution in [3.63, 3.8) is 0 Å². The van der Waals surface area contributed by atoms with E-state index in [9.17, 15) is 15.2 Å². The summed E-state index contributed by atoms with van der Waals surface area (Å²) in [6, 6.07) is 13.1. The number of phenolic OH excluding ortho intramolecular Hbond substituents is 1. The Labute approximate surface area is 91.9 Å². The minimum Gasteiger partial charge on any atom is -0.507 e. The molecule has 0 heterocycles. The van der Waals surface area contributed by atoms with Crippen molar-refractivity contribution in [2.45, 2.75) is 0 Å². The molecule has 0 atom stereocenters. The highest BCUT2D eigenvalue weighted by atomic mass is 16.6. The van der Waals surface area contributed by atoms with E-state index < -0.39 is 4.92 Å². The Hall–Kier alpha value is -2.36. The lowest BCUT2D eigenvalue weighted by atomic mass is 10.0. The molecule has 0 spiro atoms. The third kappa shape index (κ3) is 1.72. The maximum atomic E-state index is 10.8. The number of hydrogen-bond acceptors (Lipinski definition) is 3. The van der Waals surface area contributed by atoms with Gasteiger partial charge in [-0.2, -0.15) is 0 Å². The Morgan fingerprint density at radius 2 is 1.69 bits per heavy atom. The molecule has 2 aromatic carbocycles. The van der Waals surface area contributed by atoms with Crippen LogP contribution in [0.4, 0.5) is 5.69 Å². The lowest BCUT2D eigenvalue weighted by molar-refractivity contribution is -0.384. The SMILES string of the molecule is O=[N+]([O-])c1cccc(O)c1-c1ccccc1. The van der Waals surface area contributed by atoms with Gasteiger partial charge in [-0.05, 0) is 11.6 Å². The van der Waals surface area contributed by atoms with Crippen LogP contribution in [0.2, 0.25) is 0 Å². The molecule has 4 nitrogen and oxygen atoms in total. The van der Waals surface area contributed by atoms with Crippen LogP contribution in [0.25, 0.3) is 11.1 Å². The highest BCUT2D eigenvalue weighted by Crippen LogP contribution is 2.36. The Balaban J connectivity index is 2.68.